The first-order valence-corrected chi connectivity index (χ1v) is 10.0. The molecule has 0 unspecified atom stereocenters. The highest BCUT2D eigenvalue weighted by atomic mass is 16.5. The molecule has 1 aromatic heterocycles. The Hall–Kier alpha value is -2.78. The standard InChI is InChI=1S/C20H26N6O3/c1-15-21-19(29-23-15)14-25-11-9-24(10-12-25)13-18(27)22-16-5-2-3-6-17(16)26-8-4-7-20(26)28/h2-3,5-6H,4,7-14H2,1H3,(H,22,27). The first kappa shape index (κ1) is 19.5. The average molecular weight is 398 g/mol. The predicted octanol–water partition coefficient (Wildman–Crippen LogP) is 1.26. The lowest BCUT2D eigenvalue weighted by molar-refractivity contribution is -0.118. The van der Waals surface area contributed by atoms with E-state index in [0.717, 1.165) is 38.3 Å². The molecule has 0 atom stereocenters. The van der Waals surface area contributed by atoms with Crippen LogP contribution in [-0.4, -0.2) is 71.0 Å². The van der Waals surface area contributed by atoms with Gasteiger partial charge < -0.3 is 14.7 Å². The van der Waals surface area contributed by atoms with Gasteiger partial charge >= 0.3 is 0 Å². The number of benzene rings is 1. The van der Waals surface area contributed by atoms with E-state index >= 15 is 0 Å². The Morgan fingerprint density at radius 1 is 1.14 bits per heavy atom. The second-order valence-electron chi connectivity index (χ2n) is 7.50. The van der Waals surface area contributed by atoms with E-state index in [9.17, 15) is 9.59 Å². The van der Waals surface area contributed by atoms with Crippen LogP contribution in [0, 0.1) is 6.92 Å². The second-order valence-corrected chi connectivity index (χ2v) is 7.50. The molecule has 2 aromatic rings. The second kappa shape index (κ2) is 8.71. The average Bonchev–Trinajstić information content (AvgIpc) is 3.32. The van der Waals surface area contributed by atoms with Crippen LogP contribution in [0.15, 0.2) is 28.8 Å². The van der Waals surface area contributed by atoms with Gasteiger partial charge in [-0.05, 0) is 25.5 Å². The molecular weight excluding hydrogens is 372 g/mol. The zero-order valence-electron chi connectivity index (χ0n) is 16.6. The molecule has 2 aliphatic rings. The van der Waals surface area contributed by atoms with Crippen LogP contribution in [-0.2, 0) is 16.1 Å². The molecule has 9 heteroatoms. The molecule has 0 saturated carbocycles. The summed E-state index contributed by atoms with van der Waals surface area (Å²) >= 11 is 0. The van der Waals surface area contributed by atoms with Crippen molar-refractivity contribution in [3.8, 4) is 0 Å². The summed E-state index contributed by atoms with van der Waals surface area (Å²) < 4.78 is 5.18. The first-order valence-electron chi connectivity index (χ1n) is 10.0. The van der Waals surface area contributed by atoms with Crippen molar-refractivity contribution in [2.45, 2.75) is 26.3 Å². The van der Waals surface area contributed by atoms with E-state index in [1.54, 1.807) is 11.8 Å². The molecule has 0 aliphatic carbocycles. The number of carbonyl (C=O) groups excluding carboxylic acids is 2. The Morgan fingerprint density at radius 2 is 1.90 bits per heavy atom. The van der Waals surface area contributed by atoms with Crippen molar-refractivity contribution in [3.63, 3.8) is 0 Å². The normalized spacial score (nSPS) is 18.4. The Balaban J connectivity index is 1.28. The maximum Gasteiger partial charge on any atom is 0.240 e. The van der Waals surface area contributed by atoms with Gasteiger partial charge in [0, 0.05) is 39.1 Å². The molecule has 2 fully saturated rings. The van der Waals surface area contributed by atoms with Gasteiger partial charge in [0.15, 0.2) is 5.82 Å². The summed E-state index contributed by atoms with van der Waals surface area (Å²) in [5, 5.41) is 6.80. The van der Waals surface area contributed by atoms with Crippen LogP contribution >= 0.6 is 0 Å². The fraction of sp³-hybridized carbons (Fsp3) is 0.500. The van der Waals surface area contributed by atoms with E-state index < -0.39 is 0 Å². The molecule has 1 aromatic carbocycles. The quantitative estimate of drug-likeness (QED) is 0.783. The van der Waals surface area contributed by atoms with E-state index in [1.165, 1.54) is 0 Å². The lowest BCUT2D eigenvalue weighted by atomic mass is 10.2. The fourth-order valence-electron chi connectivity index (χ4n) is 3.81. The summed E-state index contributed by atoms with van der Waals surface area (Å²) in [6.45, 7) is 6.75. The van der Waals surface area contributed by atoms with Gasteiger partial charge in [-0.2, -0.15) is 4.98 Å². The van der Waals surface area contributed by atoms with Crippen molar-refractivity contribution in [2.24, 2.45) is 0 Å². The van der Waals surface area contributed by atoms with Gasteiger partial charge in [-0.3, -0.25) is 19.4 Å². The highest BCUT2D eigenvalue weighted by molar-refractivity contribution is 6.02. The predicted molar refractivity (Wildman–Crippen MR) is 107 cm³/mol. The number of aromatic nitrogens is 2. The zero-order chi connectivity index (χ0) is 20.2. The molecule has 0 bridgehead atoms. The topological polar surface area (TPSA) is 94.8 Å². The maximum absolute atomic E-state index is 12.6. The molecule has 1 N–H and O–H groups in total. The van der Waals surface area contributed by atoms with E-state index in [2.05, 4.69) is 25.3 Å². The van der Waals surface area contributed by atoms with E-state index in [4.69, 9.17) is 4.52 Å². The number of piperazine rings is 1. The molecule has 2 aliphatic heterocycles. The summed E-state index contributed by atoms with van der Waals surface area (Å²) in [5.41, 5.74) is 1.47. The number of amides is 2. The molecule has 9 nitrogen and oxygen atoms in total. The Morgan fingerprint density at radius 3 is 2.59 bits per heavy atom. The summed E-state index contributed by atoms with van der Waals surface area (Å²) in [7, 11) is 0. The van der Waals surface area contributed by atoms with Crippen molar-refractivity contribution in [2.75, 3.05) is 49.5 Å². The van der Waals surface area contributed by atoms with Gasteiger partial charge in [0.1, 0.15) is 0 Å². The van der Waals surface area contributed by atoms with Gasteiger partial charge in [0.05, 0.1) is 24.5 Å². The monoisotopic (exact) mass is 398 g/mol. The number of para-hydroxylation sites is 2. The van der Waals surface area contributed by atoms with Crippen molar-refractivity contribution < 1.29 is 14.1 Å². The van der Waals surface area contributed by atoms with Crippen LogP contribution < -0.4 is 10.2 Å². The SMILES string of the molecule is Cc1noc(CN2CCN(CC(=O)Nc3ccccc3N3CCCC3=O)CC2)n1. The van der Waals surface area contributed by atoms with Gasteiger partial charge in [-0.15, -0.1) is 0 Å². The van der Waals surface area contributed by atoms with Crippen LogP contribution in [0.1, 0.15) is 24.6 Å². The van der Waals surface area contributed by atoms with Gasteiger partial charge in [0.25, 0.3) is 0 Å². The molecule has 0 radical (unpaired) electrons. The number of hydrogen-bond donors (Lipinski definition) is 1. The number of anilines is 2. The molecule has 3 heterocycles. The Labute approximate surface area is 169 Å². The Kier molecular flexibility index (Phi) is 5.86. The third-order valence-corrected chi connectivity index (χ3v) is 5.30. The van der Waals surface area contributed by atoms with E-state index in [1.807, 2.05) is 24.3 Å². The summed E-state index contributed by atoms with van der Waals surface area (Å²) in [5.74, 6) is 1.32. The van der Waals surface area contributed by atoms with Gasteiger partial charge in [-0.1, -0.05) is 17.3 Å². The number of nitrogens with one attached hydrogen (secondary N) is 1. The van der Waals surface area contributed by atoms with Crippen molar-refractivity contribution >= 4 is 23.2 Å². The minimum atomic E-state index is -0.0647. The van der Waals surface area contributed by atoms with Crippen molar-refractivity contribution in [3.05, 3.63) is 36.0 Å². The summed E-state index contributed by atoms with van der Waals surface area (Å²) in [6, 6.07) is 7.50. The largest absolute Gasteiger partial charge is 0.338 e. The zero-order valence-corrected chi connectivity index (χ0v) is 16.6. The maximum atomic E-state index is 12.6. The van der Waals surface area contributed by atoms with Crippen LogP contribution in [0.25, 0.3) is 0 Å². The highest BCUT2D eigenvalue weighted by Crippen LogP contribution is 2.29. The van der Waals surface area contributed by atoms with Crippen molar-refractivity contribution in [1.29, 1.82) is 0 Å². The minimum Gasteiger partial charge on any atom is -0.338 e. The third-order valence-electron chi connectivity index (χ3n) is 5.30. The smallest absolute Gasteiger partial charge is 0.240 e. The first-order chi connectivity index (χ1) is 14.1. The molecule has 2 saturated heterocycles. The molecular formula is C20H26N6O3. The number of hydrogen-bond acceptors (Lipinski definition) is 7. The molecule has 29 heavy (non-hydrogen) atoms. The molecule has 2 amide bonds. The highest BCUT2D eigenvalue weighted by Gasteiger charge is 2.25. The molecule has 0 spiro atoms. The lowest BCUT2D eigenvalue weighted by Gasteiger charge is -2.33. The summed E-state index contributed by atoms with van der Waals surface area (Å²) in [6.07, 6.45) is 1.42. The third kappa shape index (κ3) is 4.80. The van der Waals surface area contributed by atoms with Crippen LogP contribution in [0.4, 0.5) is 11.4 Å². The number of carbonyl (C=O) groups is 2. The number of rotatable bonds is 6. The fourth-order valence-corrected chi connectivity index (χ4v) is 3.81. The minimum absolute atomic E-state index is 0.0647. The molecule has 154 valence electrons. The van der Waals surface area contributed by atoms with E-state index in [0.29, 0.717) is 43.5 Å². The van der Waals surface area contributed by atoms with Crippen molar-refractivity contribution in [1.82, 2.24) is 19.9 Å². The van der Waals surface area contributed by atoms with Crippen LogP contribution in [0.2, 0.25) is 0 Å². The van der Waals surface area contributed by atoms with Crippen LogP contribution in [0.5, 0.6) is 0 Å². The number of aryl methyl sites for hydroxylation is 1. The molecule has 4 rings (SSSR count). The van der Waals surface area contributed by atoms with E-state index in [-0.39, 0.29) is 11.8 Å². The van der Waals surface area contributed by atoms with Crippen LogP contribution in [0.3, 0.4) is 0 Å². The number of nitrogens with zero attached hydrogens (tertiary/aromatic N) is 5. The summed E-state index contributed by atoms with van der Waals surface area (Å²) in [4.78, 5) is 35.1. The van der Waals surface area contributed by atoms with Gasteiger partial charge in [-0.25, -0.2) is 0 Å². The Bertz CT molecular complexity index is 875. The lowest BCUT2D eigenvalue weighted by Crippen LogP contribution is -2.48. The van der Waals surface area contributed by atoms with Gasteiger partial charge in [0.2, 0.25) is 17.7 Å².